The highest BCUT2D eigenvalue weighted by Gasteiger charge is 2.24. The predicted octanol–water partition coefficient (Wildman–Crippen LogP) is 12.2. The molecule has 0 aliphatic heterocycles. The van der Waals surface area contributed by atoms with E-state index in [4.69, 9.17) is 19.4 Å². The predicted molar refractivity (Wildman–Crippen MR) is 213 cm³/mol. The van der Waals surface area contributed by atoms with Crippen LogP contribution in [0.1, 0.15) is 0 Å². The molecule has 0 amide bonds. The van der Waals surface area contributed by atoms with Crippen LogP contribution in [0.5, 0.6) is 0 Å². The Bertz CT molecular complexity index is 3120. The number of rotatable bonds is 4. The fraction of sp³-hybridized carbons (Fsp3) is 0. The van der Waals surface area contributed by atoms with Gasteiger partial charge in [-0.2, -0.15) is 0 Å². The summed E-state index contributed by atoms with van der Waals surface area (Å²) < 4.78 is 9.23. The van der Waals surface area contributed by atoms with Crippen LogP contribution in [0.4, 0.5) is 0 Å². The van der Waals surface area contributed by atoms with Crippen molar-refractivity contribution in [3.8, 4) is 39.9 Å². The molecular formula is C47H28N4O. The van der Waals surface area contributed by atoms with Gasteiger partial charge >= 0.3 is 0 Å². The van der Waals surface area contributed by atoms with Crippen LogP contribution in [-0.2, 0) is 0 Å². The third-order valence-electron chi connectivity index (χ3n) is 10.2. The highest BCUT2D eigenvalue weighted by atomic mass is 16.3. The van der Waals surface area contributed by atoms with Gasteiger partial charge in [-0.25, -0.2) is 15.0 Å². The normalized spacial score (nSPS) is 11.8. The van der Waals surface area contributed by atoms with Crippen LogP contribution >= 0.6 is 0 Å². The van der Waals surface area contributed by atoms with Crippen LogP contribution in [0.2, 0.25) is 0 Å². The fourth-order valence-electron chi connectivity index (χ4n) is 7.98. The topological polar surface area (TPSA) is 56.7 Å². The molecule has 242 valence electrons. The van der Waals surface area contributed by atoms with Crippen molar-refractivity contribution in [2.24, 2.45) is 0 Å². The number of aromatic nitrogens is 4. The average molecular weight is 665 g/mol. The Morgan fingerprint density at radius 1 is 0.385 bits per heavy atom. The molecule has 0 aliphatic carbocycles. The maximum atomic E-state index is 6.83. The second kappa shape index (κ2) is 11.2. The number of hydrogen-bond donors (Lipinski definition) is 0. The monoisotopic (exact) mass is 664 g/mol. The van der Waals surface area contributed by atoms with Crippen molar-refractivity contribution >= 4 is 65.3 Å². The first-order valence-electron chi connectivity index (χ1n) is 17.5. The number of nitrogens with zero attached hydrogens (tertiary/aromatic N) is 4. The number of para-hydroxylation sites is 2. The van der Waals surface area contributed by atoms with Gasteiger partial charge in [-0.15, -0.1) is 0 Å². The molecule has 0 spiro atoms. The second-order valence-corrected chi connectivity index (χ2v) is 13.1. The van der Waals surface area contributed by atoms with Gasteiger partial charge in [-0.05, 0) is 40.4 Å². The smallest absolute Gasteiger partial charge is 0.164 e. The Hall–Kier alpha value is -7.11. The van der Waals surface area contributed by atoms with E-state index in [1.54, 1.807) is 0 Å². The molecule has 5 heteroatoms. The van der Waals surface area contributed by atoms with Gasteiger partial charge in [0.15, 0.2) is 23.1 Å². The van der Waals surface area contributed by atoms with Crippen LogP contribution in [0.25, 0.3) is 105 Å². The Labute approximate surface area is 298 Å². The van der Waals surface area contributed by atoms with Crippen molar-refractivity contribution < 1.29 is 4.42 Å². The Kier molecular flexibility index (Phi) is 6.18. The van der Waals surface area contributed by atoms with E-state index in [1.165, 1.54) is 21.5 Å². The average Bonchev–Trinajstić information content (AvgIpc) is 3.78. The number of fused-ring (bicyclic) bond motifs is 11. The maximum absolute atomic E-state index is 6.83. The van der Waals surface area contributed by atoms with Crippen molar-refractivity contribution in [2.45, 2.75) is 0 Å². The van der Waals surface area contributed by atoms with Crippen molar-refractivity contribution in [3.05, 3.63) is 170 Å². The molecule has 0 bridgehead atoms. The molecule has 0 N–H and O–H groups in total. The van der Waals surface area contributed by atoms with Crippen molar-refractivity contribution in [2.75, 3.05) is 0 Å². The molecule has 3 aromatic heterocycles. The van der Waals surface area contributed by atoms with E-state index in [9.17, 15) is 0 Å². The van der Waals surface area contributed by atoms with Crippen LogP contribution in [0.15, 0.2) is 174 Å². The van der Waals surface area contributed by atoms with Gasteiger partial charge in [0.1, 0.15) is 5.58 Å². The Morgan fingerprint density at radius 3 is 1.60 bits per heavy atom. The van der Waals surface area contributed by atoms with Gasteiger partial charge in [0, 0.05) is 43.6 Å². The number of benzene rings is 8. The van der Waals surface area contributed by atoms with Gasteiger partial charge < -0.3 is 8.98 Å². The number of furan rings is 1. The lowest BCUT2D eigenvalue weighted by Crippen LogP contribution is -2.01. The third kappa shape index (κ3) is 4.20. The quantitative estimate of drug-likeness (QED) is 0.188. The van der Waals surface area contributed by atoms with Gasteiger partial charge in [0.05, 0.1) is 16.7 Å². The zero-order valence-electron chi connectivity index (χ0n) is 27.9. The summed E-state index contributed by atoms with van der Waals surface area (Å²) in [5.41, 5.74) is 7.82. The van der Waals surface area contributed by atoms with Crippen LogP contribution in [0.3, 0.4) is 0 Å². The lowest BCUT2D eigenvalue weighted by molar-refractivity contribution is 0.671. The molecule has 3 heterocycles. The minimum absolute atomic E-state index is 0.628. The molecule has 0 fully saturated rings. The second-order valence-electron chi connectivity index (χ2n) is 13.1. The minimum atomic E-state index is 0.628. The summed E-state index contributed by atoms with van der Waals surface area (Å²) in [4.78, 5) is 15.1. The van der Waals surface area contributed by atoms with Gasteiger partial charge in [-0.3, -0.25) is 0 Å². The number of hydrogen-bond acceptors (Lipinski definition) is 4. The van der Waals surface area contributed by atoms with Gasteiger partial charge in [-0.1, -0.05) is 146 Å². The highest BCUT2D eigenvalue weighted by molar-refractivity contribution is 6.35. The molecule has 8 aromatic carbocycles. The molecule has 5 nitrogen and oxygen atoms in total. The lowest BCUT2D eigenvalue weighted by Gasteiger charge is -2.15. The van der Waals surface area contributed by atoms with Crippen LogP contribution < -0.4 is 0 Å². The maximum Gasteiger partial charge on any atom is 0.164 e. The standard InChI is InChI=1S/C47H28N4O/c1-3-15-29(16-4-1)45-48-46(30-17-5-2-6-18-30)50-47(49-45)35-27-28-39(32-20-8-7-19-31(32)35)51-38-25-13-11-23-36(38)41-33-21-9-10-22-34(33)42-37-24-12-14-26-40(37)52-44(42)43(41)51/h1-28H. The molecule has 0 unspecified atom stereocenters. The summed E-state index contributed by atoms with van der Waals surface area (Å²) in [6, 6.07) is 58.9. The SMILES string of the molecule is c1ccc(-c2nc(-c3ccccc3)nc(-c3ccc(-n4c5ccccc5c5c6ccccc6c6c7ccccc7oc6c54)c4ccccc34)n2)cc1. The largest absolute Gasteiger partial charge is 0.454 e. The fourth-order valence-corrected chi connectivity index (χ4v) is 7.98. The molecule has 0 radical (unpaired) electrons. The first-order chi connectivity index (χ1) is 25.8. The summed E-state index contributed by atoms with van der Waals surface area (Å²) in [6.07, 6.45) is 0. The zero-order chi connectivity index (χ0) is 34.2. The molecule has 0 saturated heterocycles. The molecule has 0 saturated carbocycles. The molecule has 0 atom stereocenters. The van der Waals surface area contributed by atoms with E-state index in [-0.39, 0.29) is 0 Å². The first kappa shape index (κ1) is 28.7. The van der Waals surface area contributed by atoms with Crippen molar-refractivity contribution in [1.82, 2.24) is 19.5 Å². The summed E-state index contributed by atoms with van der Waals surface area (Å²) in [7, 11) is 0. The summed E-state index contributed by atoms with van der Waals surface area (Å²) in [5.74, 6) is 1.90. The Morgan fingerprint density at radius 2 is 0.904 bits per heavy atom. The van der Waals surface area contributed by atoms with E-state index in [1.807, 2.05) is 66.7 Å². The van der Waals surface area contributed by atoms with Gasteiger partial charge in [0.2, 0.25) is 0 Å². The van der Waals surface area contributed by atoms with Crippen molar-refractivity contribution in [3.63, 3.8) is 0 Å². The van der Waals surface area contributed by atoms with Crippen LogP contribution in [0, 0.1) is 0 Å². The van der Waals surface area contributed by atoms with Crippen LogP contribution in [-0.4, -0.2) is 19.5 Å². The Balaban J connectivity index is 1.24. The summed E-state index contributed by atoms with van der Waals surface area (Å²) >= 11 is 0. The van der Waals surface area contributed by atoms with Crippen molar-refractivity contribution in [1.29, 1.82) is 0 Å². The van der Waals surface area contributed by atoms with Gasteiger partial charge in [0.25, 0.3) is 0 Å². The van der Waals surface area contributed by atoms with E-state index in [0.29, 0.717) is 17.5 Å². The molecule has 0 aliphatic rings. The first-order valence-corrected chi connectivity index (χ1v) is 17.5. The van der Waals surface area contributed by atoms with E-state index in [0.717, 1.165) is 66.1 Å². The summed E-state index contributed by atoms with van der Waals surface area (Å²) in [6.45, 7) is 0. The van der Waals surface area contributed by atoms with E-state index in [2.05, 4.69) is 108 Å². The molecular weight excluding hydrogens is 637 g/mol. The molecule has 11 aromatic rings. The van der Waals surface area contributed by atoms with E-state index >= 15 is 0 Å². The highest BCUT2D eigenvalue weighted by Crippen LogP contribution is 2.46. The lowest BCUT2D eigenvalue weighted by atomic mass is 9.98. The zero-order valence-corrected chi connectivity index (χ0v) is 27.9. The molecule has 11 rings (SSSR count). The minimum Gasteiger partial charge on any atom is -0.454 e. The third-order valence-corrected chi connectivity index (χ3v) is 10.2. The van der Waals surface area contributed by atoms with E-state index < -0.39 is 0 Å². The summed E-state index contributed by atoms with van der Waals surface area (Å²) in [5, 5.41) is 9.15. The molecule has 52 heavy (non-hydrogen) atoms.